The molecular formula is C14H18N2. The summed E-state index contributed by atoms with van der Waals surface area (Å²) in [5, 5.41) is 0. The Morgan fingerprint density at radius 1 is 1.25 bits per heavy atom. The first-order chi connectivity index (χ1) is 7.90. The van der Waals surface area contributed by atoms with Crippen molar-refractivity contribution >= 4 is 0 Å². The van der Waals surface area contributed by atoms with Gasteiger partial charge in [-0.1, -0.05) is 31.9 Å². The highest BCUT2D eigenvalue weighted by atomic mass is 15.0. The fraction of sp³-hybridized carbons (Fsp3) is 0.357. The third-order valence-corrected chi connectivity index (χ3v) is 2.78. The molecule has 2 nitrogen and oxygen atoms in total. The molecule has 0 amide bonds. The number of benzene rings is 1. The highest BCUT2D eigenvalue weighted by molar-refractivity contribution is 5.35. The second kappa shape index (κ2) is 5.50. The van der Waals surface area contributed by atoms with E-state index in [1.165, 1.54) is 36.9 Å². The molecule has 0 atom stereocenters. The molecule has 0 spiro atoms. The number of hydrogen-bond donors (Lipinski definition) is 0. The molecule has 0 N–H and O–H groups in total. The van der Waals surface area contributed by atoms with Gasteiger partial charge in [0.25, 0.3) is 0 Å². The number of unbranched alkanes of at least 4 members (excludes halogenated alkanes) is 2. The van der Waals surface area contributed by atoms with Gasteiger partial charge in [-0.2, -0.15) is 0 Å². The molecular weight excluding hydrogens is 196 g/mol. The monoisotopic (exact) mass is 214 g/mol. The van der Waals surface area contributed by atoms with E-state index in [-0.39, 0.29) is 0 Å². The maximum atomic E-state index is 4.07. The Morgan fingerprint density at radius 3 is 2.94 bits per heavy atom. The molecule has 2 rings (SSSR count). The maximum Gasteiger partial charge on any atom is 0.0991 e. The number of aromatic nitrogens is 2. The molecule has 84 valence electrons. The van der Waals surface area contributed by atoms with Crippen LogP contribution in [0.2, 0.25) is 0 Å². The van der Waals surface area contributed by atoms with Crippen LogP contribution in [0.5, 0.6) is 0 Å². The number of hydrogen-bond acceptors (Lipinski definition) is 1. The summed E-state index contributed by atoms with van der Waals surface area (Å²) in [6.07, 6.45) is 10.7. The Balaban J connectivity index is 2.08. The summed E-state index contributed by atoms with van der Waals surface area (Å²) < 4.78 is 2.04. The molecule has 2 heteroatoms. The quantitative estimate of drug-likeness (QED) is 0.695. The smallest absolute Gasteiger partial charge is 0.0991 e. The van der Waals surface area contributed by atoms with Gasteiger partial charge in [0.2, 0.25) is 0 Å². The van der Waals surface area contributed by atoms with Crippen LogP contribution in [0.15, 0.2) is 43.0 Å². The SMILES string of the molecule is CCCCCc1cccc(-n2ccnc2)c1. The van der Waals surface area contributed by atoms with E-state index in [0.29, 0.717) is 0 Å². The summed E-state index contributed by atoms with van der Waals surface area (Å²) in [4.78, 5) is 4.07. The van der Waals surface area contributed by atoms with Crippen LogP contribution in [0, 0.1) is 0 Å². The van der Waals surface area contributed by atoms with Crippen molar-refractivity contribution in [2.24, 2.45) is 0 Å². The lowest BCUT2D eigenvalue weighted by molar-refractivity contribution is 0.717. The zero-order valence-corrected chi connectivity index (χ0v) is 9.76. The Bertz CT molecular complexity index is 418. The van der Waals surface area contributed by atoms with E-state index in [9.17, 15) is 0 Å². The molecule has 1 aromatic carbocycles. The molecule has 1 aromatic heterocycles. The number of aryl methyl sites for hydroxylation is 1. The first-order valence-electron chi connectivity index (χ1n) is 5.97. The zero-order valence-electron chi connectivity index (χ0n) is 9.76. The fourth-order valence-electron chi connectivity index (χ4n) is 1.86. The lowest BCUT2D eigenvalue weighted by Gasteiger charge is -2.05. The molecule has 0 aliphatic carbocycles. The van der Waals surface area contributed by atoms with Gasteiger partial charge >= 0.3 is 0 Å². The van der Waals surface area contributed by atoms with Crippen LogP contribution >= 0.6 is 0 Å². The second-order valence-electron chi connectivity index (χ2n) is 4.10. The van der Waals surface area contributed by atoms with Crippen molar-refractivity contribution in [1.82, 2.24) is 9.55 Å². The first-order valence-corrected chi connectivity index (χ1v) is 5.97. The summed E-state index contributed by atoms with van der Waals surface area (Å²) in [5.41, 5.74) is 2.62. The largest absolute Gasteiger partial charge is 0.306 e. The minimum atomic E-state index is 1.18. The molecule has 16 heavy (non-hydrogen) atoms. The lowest BCUT2D eigenvalue weighted by atomic mass is 10.1. The summed E-state index contributed by atoms with van der Waals surface area (Å²) in [7, 11) is 0. The standard InChI is InChI=1S/C14H18N2/c1-2-3-4-6-13-7-5-8-14(11-13)16-10-9-15-12-16/h5,7-12H,2-4,6H2,1H3. The van der Waals surface area contributed by atoms with Crippen LogP contribution in [-0.2, 0) is 6.42 Å². The van der Waals surface area contributed by atoms with Gasteiger partial charge in [-0.15, -0.1) is 0 Å². The fourth-order valence-corrected chi connectivity index (χ4v) is 1.86. The van der Waals surface area contributed by atoms with E-state index in [2.05, 4.69) is 36.2 Å². The molecule has 0 saturated carbocycles. The molecule has 0 fully saturated rings. The van der Waals surface area contributed by atoms with Crippen molar-refractivity contribution < 1.29 is 0 Å². The predicted molar refractivity (Wildman–Crippen MR) is 66.8 cm³/mol. The van der Waals surface area contributed by atoms with E-state index < -0.39 is 0 Å². The van der Waals surface area contributed by atoms with Gasteiger partial charge < -0.3 is 4.57 Å². The summed E-state index contributed by atoms with van der Waals surface area (Å²) >= 11 is 0. The van der Waals surface area contributed by atoms with Crippen LogP contribution < -0.4 is 0 Å². The van der Waals surface area contributed by atoms with Gasteiger partial charge in [-0.05, 0) is 30.5 Å². The average molecular weight is 214 g/mol. The van der Waals surface area contributed by atoms with Crippen LogP contribution in [0.3, 0.4) is 0 Å². The molecule has 1 heterocycles. The zero-order chi connectivity index (χ0) is 11.2. The van der Waals surface area contributed by atoms with E-state index >= 15 is 0 Å². The summed E-state index contributed by atoms with van der Waals surface area (Å²) in [6.45, 7) is 2.24. The molecule has 0 aliphatic heterocycles. The Labute approximate surface area is 97.0 Å². The highest BCUT2D eigenvalue weighted by Gasteiger charge is 1.97. The first kappa shape index (κ1) is 10.9. The average Bonchev–Trinajstić information content (AvgIpc) is 2.83. The van der Waals surface area contributed by atoms with Gasteiger partial charge in [0.1, 0.15) is 0 Å². The van der Waals surface area contributed by atoms with Gasteiger partial charge in [0, 0.05) is 18.1 Å². The molecule has 2 aromatic rings. The molecule has 0 saturated heterocycles. The van der Waals surface area contributed by atoms with E-state index in [4.69, 9.17) is 0 Å². The molecule has 0 aliphatic rings. The van der Waals surface area contributed by atoms with Crippen molar-refractivity contribution in [2.45, 2.75) is 32.6 Å². The van der Waals surface area contributed by atoms with Gasteiger partial charge in [-0.3, -0.25) is 0 Å². The van der Waals surface area contributed by atoms with E-state index in [0.717, 1.165) is 0 Å². The second-order valence-corrected chi connectivity index (χ2v) is 4.10. The minimum absolute atomic E-state index is 1.18. The third-order valence-electron chi connectivity index (χ3n) is 2.78. The number of imidazole rings is 1. The van der Waals surface area contributed by atoms with E-state index in [1.807, 2.05) is 23.3 Å². The van der Waals surface area contributed by atoms with Crippen LogP contribution in [0.4, 0.5) is 0 Å². The van der Waals surface area contributed by atoms with Crippen molar-refractivity contribution in [1.29, 1.82) is 0 Å². The van der Waals surface area contributed by atoms with Gasteiger partial charge in [0.15, 0.2) is 0 Å². The highest BCUT2D eigenvalue weighted by Crippen LogP contribution is 2.12. The Kier molecular flexibility index (Phi) is 3.76. The van der Waals surface area contributed by atoms with Crippen molar-refractivity contribution in [3.8, 4) is 5.69 Å². The van der Waals surface area contributed by atoms with Crippen molar-refractivity contribution in [3.05, 3.63) is 48.5 Å². The molecule has 0 unspecified atom stereocenters. The van der Waals surface area contributed by atoms with Crippen LogP contribution in [0.1, 0.15) is 31.7 Å². The predicted octanol–water partition coefficient (Wildman–Crippen LogP) is 3.61. The van der Waals surface area contributed by atoms with Crippen LogP contribution in [-0.4, -0.2) is 9.55 Å². The summed E-state index contributed by atoms with van der Waals surface area (Å²) in [6, 6.07) is 8.69. The Hall–Kier alpha value is -1.57. The van der Waals surface area contributed by atoms with Gasteiger partial charge in [-0.25, -0.2) is 4.98 Å². The minimum Gasteiger partial charge on any atom is -0.306 e. The molecule has 0 bridgehead atoms. The summed E-state index contributed by atoms with van der Waals surface area (Å²) in [5.74, 6) is 0. The maximum absolute atomic E-state index is 4.07. The van der Waals surface area contributed by atoms with Crippen molar-refractivity contribution in [2.75, 3.05) is 0 Å². The molecule has 0 radical (unpaired) electrons. The normalized spacial score (nSPS) is 10.6. The third kappa shape index (κ3) is 2.72. The van der Waals surface area contributed by atoms with E-state index in [1.54, 1.807) is 0 Å². The van der Waals surface area contributed by atoms with Crippen molar-refractivity contribution in [3.63, 3.8) is 0 Å². The van der Waals surface area contributed by atoms with Crippen LogP contribution in [0.25, 0.3) is 5.69 Å². The van der Waals surface area contributed by atoms with Gasteiger partial charge in [0.05, 0.1) is 6.33 Å². The topological polar surface area (TPSA) is 17.8 Å². The number of rotatable bonds is 5. The Morgan fingerprint density at radius 2 is 2.19 bits per heavy atom. The number of nitrogens with zero attached hydrogens (tertiary/aromatic N) is 2. The lowest BCUT2D eigenvalue weighted by Crippen LogP contribution is -1.92.